The van der Waals surface area contributed by atoms with Gasteiger partial charge < -0.3 is 10.2 Å². The molecule has 1 aliphatic heterocycles. The quantitative estimate of drug-likeness (QED) is 0.620. The van der Waals surface area contributed by atoms with Gasteiger partial charge in [-0.15, -0.1) is 0 Å². The van der Waals surface area contributed by atoms with Gasteiger partial charge in [-0.05, 0) is 39.0 Å². The molecule has 1 saturated heterocycles. The summed E-state index contributed by atoms with van der Waals surface area (Å²) < 4.78 is 27.6. The lowest BCUT2D eigenvalue weighted by atomic mass is 9.91. The van der Waals surface area contributed by atoms with Crippen LogP contribution in [0.2, 0.25) is 0 Å². The van der Waals surface area contributed by atoms with Gasteiger partial charge in [-0.25, -0.2) is 13.6 Å². The predicted molar refractivity (Wildman–Crippen MR) is 91.0 cm³/mol. The molecule has 1 aromatic carbocycles. The fourth-order valence-electron chi connectivity index (χ4n) is 2.84. The topological polar surface area (TPSA) is 69.7 Å². The Morgan fingerprint density at radius 2 is 2.00 bits per heavy atom. The first-order valence-corrected chi connectivity index (χ1v) is 8.12. The van der Waals surface area contributed by atoms with Gasteiger partial charge in [0.2, 0.25) is 5.91 Å². The highest BCUT2D eigenvalue weighted by Gasteiger charge is 2.51. The van der Waals surface area contributed by atoms with Gasteiger partial charge in [0.05, 0.1) is 0 Å². The van der Waals surface area contributed by atoms with E-state index in [-0.39, 0.29) is 5.56 Å². The maximum Gasteiger partial charge on any atom is 0.325 e. The molecule has 0 spiro atoms. The van der Waals surface area contributed by atoms with Crippen LogP contribution in [0.1, 0.15) is 26.3 Å². The zero-order chi connectivity index (χ0) is 19.6. The molecule has 1 N–H and O–H groups in total. The number of carbonyl (C=O) groups is 3. The molecule has 140 valence electrons. The number of rotatable bonds is 6. The van der Waals surface area contributed by atoms with Crippen molar-refractivity contribution in [3.8, 4) is 0 Å². The lowest BCUT2D eigenvalue weighted by molar-refractivity contribution is -0.138. The van der Waals surface area contributed by atoms with Gasteiger partial charge in [-0.2, -0.15) is 0 Å². The van der Waals surface area contributed by atoms with Gasteiger partial charge in [0, 0.05) is 18.7 Å². The van der Waals surface area contributed by atoms with Crippen LogP contribution in [-0.2, 0) is 15.1 Å². The molecule has 1 aromatic rings. The molecule has 4 amide bonds. The first kappa shape index (κ1) is 19.6. The molecule has 8 heteroatoms. The molecular formula is C18H21F2N3O3. The number of hydrogen-bond donors (Lipinski definition) is 1. The Morgan fingerprint density at radius 3 is 2.58 bits per heavy atom. The maximum atomic E-state index is 14.1. The van der Waals surface area contributed by atoms with E-state index in [0.29, 0.717) is 18.0 Å². The van der Waals surface area contributed by atoms with Gasteiger partial charge in [0.25, 0.3) is 5.91 Å². The molecule has 6 nitrogen and oxygen atoms in total. The summed E-state index contributed by atoms with van der Waals surface area (Å²) in [6.45, 7) is 8.73. The van der Waals surface area contributed by atoms with Crippen LogP contribution in [-0.4, -0.2) is 47.3 Å². The molecule has 1 aliphatic rings. The minimum absolute atomic E-state index is 0.292. The third-order valence-corrected chi connectivity index (χ3v) is 4.23. The highest BCUT2D eigenvalue weighted by molar-refractivity contribution is 6.09. The van der Waals surface area contributed by atoms with E-state index in [1.807, 2.05) is 0 Å². The Balaban J connectivity index is 2.27. The second kappa shape index (κ2) is 7.23. The number of urea groups is 1. The number of nitrogens with one attached hydrogen (secondary N) is 1. The van der Waals surface area contributed by atoms with E-state index in [0.717, 1.165) is 23.8 Å². The van der Waals surface area contributed by atoms with Crippen LogP contribution in [0.5, 0.6) is 0 Å². The first-order chi connectivity index (χ1) is 12.1. The molecule has 0 saturated carbocycles. The zero-order valence-corrected chi connectivity index (χ0v) is 14.9. The number of hydrogen-bond acceptors (Lipinski definition) is 3. The molecule has 0 radical (unpaired) electrons. The fourth-order valence-corrected chi connectivity index (χ4v) is 2.84. The summed E-state index contributed by atoms with van der Waals surface area (Å²) in [5.41, 5.74) is -1.32. The van der Waals surface area contributed by atoms with E-state index in [9.17, 15) is 23.2 Å². The van der Waals surface area contributed by atoms with Crippen LogP contribution in [0.3, 0.4) is 0 Å². The van der Waals surface area contributed by atoms with E-state index < -0.39 is 41.6 Å². The highest BCUT2D eigenvalue weighted by atomic mass is 19.1. The van der Waals surface area contributed by atoms with Crippen LogP contribution < -0.4 is 5.32 Å². The monoisotopic (exact) mass is 365 g/mol. The third-order valence-electron chi connectivity index (χ3n) is 4.23. The summed E-state index contributed by atoms with van der Waals surface area (Å²) >= 11 is 0. The van der Waals surface area contributed by atoms with Crippen molar-refractivity contribution in [1.29, 1.82) is 0 Å². The summed E-state index contributed by atoms with van der Waals surface area (Å²) in [6, 6.07) is 1.83. The van der Waals surface area contributed by atoms with E-state index >= 15 is 0 Å². The maximum absolute atomic E-state index is 14.1. The Kier molecular flexibility index (Phi) is 5.44. The standard InChI is InChI=1S/C18H21F2N3O3/c1-5-22(9-11(2)3)15(24)10-23-16(25)18(4,21-17(23)26)13-8-12(19)6-7-14(13)20/h6-8H,2,5,9-10H2,1,3-4H3,(H,21,26)/t18-/m1/s1. The zero-order valence-electron chi connectivity index (χ0n) is 14.9. The number of imide groups is 1. The SMILES string of the molecule is C=C(C)CN(CC)C(=O)CN1C(=O)N[C@](C)(c2cc(F)ccc2F)C1=O. The molecule has 0 aliphatic carbocycles. The van der Waals surface area contributed by atoms with Crippen molar-refractivity contribution in [1.82, 2.24) is 15.1 Å². The summed E-state index contributed by atoms with van der Waals surface area (Å²) in [4.78, 5) is 39.5. The number of carbonyl (C=O) groups excluding carboxylic acids is 3. The normalized spacial score (nSPS) is 19.5. The van der Waals surface area contributed by atoms with Crippen molar-refractivity contribution >= 4 is 17.8 Å². The number of benzene rings is 1. The molecule has 0 aromatic heterocycles. The molecule has 26 heavy (non-hydrogen) atoms. The lowest BCUT2D eigenvalue weighted by Gasteiger charge is -2.25. The first-order valence-electron chi connectivity index (χ1n) is 8.12. The number of likely N-dealkylation sites (N-methyl/N-ethyl adjacent to an activating group) is 1. The van der Waals surface area contributed by atoms with Crippen molar-refractivity contribution in [3.05, 3.63) is 47.5 Å². The van der Waals surface area contributed by atoms with Crippen LogP contribution in [0.25, 0.3) is 0 Å². The number of amides is 4. The van der Waals surface area contributed by atoms with Gasteiger partial charge in [0.15, 0.2) is 0 Å². The van der Waals surface area contributed by atoms with Crippen LogP contribution in [0, 0.1) is 11.6 Å². The molecule has 0 bridgehead atoms. The Hall–Kier alpha value is -2.77. The second-order valence-corrected chi connectivity index (χ2v) is 6.44. The fraction of sp³-hybridized carbons (Fsp3) is 0.389. The van der Waals surface area contributed by atoms with Crippen LogP contribution in [0.15, 0.2) is 30.4 Å². The van der Waals surface area contributed by atoms with Gasteiger partial charge in [-0.3, -0.25) is 14.5 Å². The third kappa shape index (κ3) is 3.58. The van der Waals surface area contributed by atoms with Gasteiger partial charge >= 0.3 is 6.03 Å². The van der Waals surface area contributed by atoms with E-state index in [1.165, 1.54) is 11.8 Å². The van der Waals surface area contributed by atoms with Crippen molar-refractivity contribution in [3.63, 3.8) is 0 Å². The summed E-state index contributed by atoms with van der Waals surface area (Å²) in [6.07, 6.45) is 0. The Bertz CT molecular complexity index is 781. The largest absolute Gasteiger partial charge is 0.337 e. The molecule has 2 rings (SSSR count). The van der Waals surface area contributed by atoms with Crippen molar-refractivity contribution in [2.45, 2.75) is 26.3 Å². The van der Waals surface area contributed by atoms with Crippen LogP contribution in [0.4, 0.5) is 13.6 Å². The second-order valence-electron chi connectivity index (χ2n) is 6.44. The predicted octanol–water partition coefficient (Wildman–Crippen LogP) is 2.16. The Morgan fingerprint density at radius 1 is 1.35 bits per heavy atom. The van der Waals surface area contributed by atoms with E-state index in [1.54, 1.807) is 13.8 Å². The molecular weight excluding hydrogens is 344 g/mol. The molecule has 1 atom stereocenters. The summed E-state index contributed by atoms with van der Waals surface area (Å²) in [5.74, 6) is -2.82. The Labute approximate surface area is 150 Å². The van der Waals surface area contributed by atoms with E-state index in [2.05, 4.69) is 11.9 Å². The van der Waals surface area contributed by atoms with Crippen molar-refractivity contribution in [2.24, 2.45) is 0 Å². The van der Waals surface area contributed by atoms with Gasteiger partial charge in [-0.1, -0.05) is 12.2 Å². The molecule has 1 fully saturated rings. The molecule has 1 heterocycles. The minimum atomic E-state index is -1.78. The average Bonchev–Trinajstić information content (AvgIpc) is 2.78. The highest BCUT2D eigenvalue weighted by Crippen LogP contribution is 2.31. The smallest absolute Gasteiger partial charge is 0.325 e. The minimum Gasteiger partial charge on any atom is -0.337 e. The molecule has 0 unspecified atom stereocenters. The van der Waals surface area contributed by atoms with Crippen molar-refractivity contribution in [2.75, 3.05) is 19.6 Å². The summed E-state index contributed by atoms with van der Waals surface area (Å²) in [5, 5.41) is 2.36. The number of nitrogens with zero attached hydrogens (tertiary/aromatic N) is 2. The van der Waals surface area contributed by atoms with Gasteiger partial charge in [0.1, 0.15) is 23.7 Å². The van der Waals surface area contributed by atoms with Crippen LogP contribution >= 0.6 is 0 Å². The number of halogens is 2. The van der Waals surface area contributed by atoms with E-state index in [4.69, 9.17) is 0 Å². The van der Waals surface area contributed by atoms with Crippen molar-refractivity contribution < 1.29 is 23.2 Å². The summed E-state index contributed by atoms with van der Waals surface area (Å²) in [7, 11) is 0. The lowest BCUT2D eigenvalue weighted by Crippen LogP contribution is -2.45. The average molecular weight is 365 g/mol.